The van der Waals surface area contributed by atoms with Gasteiger partial charge >= 0.3 is 5.97 Å². The molecule has 124 valence electrons. The molecule has 1 N–H and O–H groups in total. The third-order valence-corrected chi connectivity index (χ3v) is 3.22. The maximum absolute atomic E-state index is 11.8. The molecule has 1 rings (SSSR count). The van der Waals surface area contributed by atoms with E-state index in [0.29, 0.717) is 18.6 Å². The number of nitrogens with one attached hydrogen (secondary N) is 1. The Balaban J connectivity index is 3.07. The molecule has 6 nitrogen and oxygen atoms in total. The van der Waals surface area contributed by atoms with E-state index in [2.05, 4.69) is 11.9 Å². The molecule has 3 atom stereocenters. The van der Waals surface area contributed by atoms with Crippen molar-refractivity contribution >= 4 is 11.9 Å². The predicted octanol–water partition coefficient (Wildman–Crippen LogP) is 1.36. The van der Waals surface area contributed by atoms with E-state index in [9.17, 15) is 9.59 Å². The van der Waals surface area contributed by atoms with Crippen LogP contribution in [0.15, 0.2) is 24.3 Å². The van der Waals surface area contributed by atoms with Crippen molar-refractivity contribution in [2.75, 3.05) is 13.7 Å². The third kappa shape index (κ3) is 5.27. The molecule has 0 aromatic carbocycles. The molecule has 22 heavy (non-hydrogen) atoms. The van der Waals surface area contributed by atoms with Crippen molar-refractivity contribution < 1.29 is 23.8 Å². The minimum atomic E-state index is -0.457. The van der Waals surface area contributed by atoms with Crippen LogP contribution >= 0.6 is 0 Å². The number of esters is 1. The van der Waals surface area contributed by atoms with Crippen LogP contribution in [0.4, 0.5) is 0 Å². The molecule has 0 aromatic rings. The van der Waals surface area contributed by atoms with Crippen molar-refractivity contribution in [3.05, 3.63) is 24.3 Å². The fourth-order valence-corrected chi connectivity index (χ4v) is 2.41. The van der Waals surface area contributed by atoms with Crippen LogP contribution in [0.2, 0.25) is 0 Å². The largest absolute Gasteiger partial charge is 0.466 e. The molecular weight excluding hydrogens is 286 g/mol. The SMILES string of the molecule is C=CCO[C@@H]1CC(C(=O)OC)=C[C@@H](OC(C)C)[C@@H]1NC(C)=O. The van der Waals surface area contributed by atoms with Gasteiger partial charge in [0.05, 0.1) is 38.1 Å². The van der Waals surface area contributed by atoms with E-state index in [1.165, 1.54) is 14.0 Å². The van der Waals surface area contributed by atoms with E-state index in [-0.39, 0.29) is 24.2 Å². The van der Waals surface area contributed by atoms with Gasteiger partial charge < -0.3 is 19.5 Å². The van der Waals surface area contributed by atoms with Gasteiger partial charge in [-0.05, 0) is 19.9 Å². The maximum atomic E-state index is 11.8. The fourth-order valence-electron chi connectivity index (χ4n) is 2.41. The molecule has 0 spiro atoms. The Morgan fingerprint density at radius 3 is 2.68 bits per heavy atom. The number of carbonyl (C=O) groups is 2. The summed E-state index contributed by atoms with van der Waals surface area (Å²) in [5.74, 6) is -0.588. The third-order valence-electron chi connectivity index (χ3n) is 3.22. The summed E-state index contributed by atoms with van der Waals surface area (Å²) in [6.45, 7) is 9.17. The number of hydrogen-bond acceptors (Lipinski definition) is 5. The normalized spacial score (nSPS) is 24.6. The molecule has 0 saturated carbocycles. The molecule has 0 aromatic heterocycles. The van der Waals surface area contributed by atoms with Gasteiger partial charge in [-0.25, -0.2) is 4.79 Å². The molecule has 1 aliphatic carbocycles. The summed E-state index contributed by atoms with van der Waals surface area (Å²) in [6, 6.07) is -0.367. The highest BCUT2D eigenvalue weighted by Crippen LogP contribution is 2.26. The fraction of sp³-hybridized carbons (Fsp3) is 0.625. The van der Waals surface area contributed by atoms with Crippen molar-refractivity contribution in [3.63, 3.8) is 0 Å². The Morgan fingerprint density at radius 1 is 1.50 bits per heavy atom. The number of amides is 1. The van der Waals surface area contributed by atoms with Crippen LogP contribution in [0.3, 0.4) is 0 Å². The van der Waals surface area contributed by atoms with Crippen LogP contribution in [-0.4, -0.2) is 49.9 Å². The average Bonchev–Trinajstić information content (AvgIpc) is 2.45. The molecular formula is C16H25NO5. The second kappa shape index (κ2) is 8.70. The van der Waals surface area contributed by atoms with Gasteiger partial charge in [0.25, 0.3) is 0 Å². The van der Waals surface area contributed by atoms with E-state index in [4.69, 9.17) is 14.2 Å². The van der Waals surface area contributed by atoms with Crippen LogP contribution in [0.1, 0.15) is 27.2 Å². The second-order valence-electron chi connectivity index (χ2n) is 5.42. The van der Waals surface area contributed by atoms with Crippen LogP contribution < -0.4 is 5.32 Å². The molecule has 0 heterocycles. The van der Waals surface area contributed by atoms with Gasteiger partial charge in [-0.2, -0.15) is 0 Å². The van der Waals surface area contributed by atoms with E-state index < -0.39 is 12.1 Å². The summed E-state index contributed by atoms with van der Waals surface area (Å²) in [7, 11) is 1.33. The Morgan fingerprint density at radius 2 is 2.18 bits per heavy atom. The van der Waals surface area contributed by atoms with Crippen molar-refractivity contribution in [1.29, 1.82) is 0 Å². The number of carbonyl (C=O) groups excluding carboxylic acids is 2. The molecule has 0 aliphatic heterocycles. The topological polar surface area (TPSA) is 73.9 Å². The first kappa shape index (κ1) is 18.4. The summed E-state index contributed by atoms with van der Waals surface area (Å²) in [6.07, 6.45) is 2.78. The van der Waals surface area contributed by atoms with E-state index >= 15 is 0 Å². The lowest BCUT2D eigenvalue weighted by molar-refractivity contribution is -0.137. The highest BCUT2D eigenvalue weighted by atomic mass is 16.5. The lowest BCUT2D eigenvalue weighted by atomic mass is 9.89. The zero-order chi connectivity index (χ0) is 16.7. The molecule has 0 saturated heterocycles. The Hall–Kier alpha value is -1.66. The molecule has 0 radical (unpaired) electrons. The lowest BCUT2D eigenvalue weighted by Gasteiger charge is -2.37. The first-order valence-electron chi connectivity index (χ1n) is 7.33. The van der Waals surface area contributed by atoms with E-state index in [1.54, 1.807) is 12.2 Å². The van der Waals surface area contributed by atoms with Crippen molar-refractivity contribution in [3.8, 4) is 0 Å². The van der Waals surface area contributed by atoms with Gasteiger partial charge in [-0.1, -0.05) is 6.08 Å². The minimum absolute atomic E-state index is 0.0606. The summed E-state index contributed by atoms with van der Waals surface area (Å²) in [5.41, 5.74) is 0.490. The highest BCUT2D eigenvalue weighted by molar-refractivity contribution is 5.89. The summed E-state index contributed by atoms with van der Waals surface area (Å²) < 4.78 is 16.3. The van der Waals surface area contributed by atoms with Gasteiger partial charge in [-0.15, -0.1) is 6.58 Å². The Kier molecular flexibility index (Phi) is 7.27. The van der Waals surface area contributed by atoms with Gasteiger partial charge in [-0.3, -0.25) is 4.79 Å². The van der Waals surface area contributed by atoms with Gasteiger partial charge in [0, 0.05) is 18.9 Å². The molecule has 1 aliphatic rings. The zero-order valence-electron chi connectivity index (χ0n) is 13.6. The lowest BCUT2D eigenvalue weighted by Crippen LogP contribution is -2.54. The smallest absolute Gasteiger partial charge is 0.333 e. The first-order valence-corrected chi connectivity index (χ1v) is 7.33. The molecule has 1 amide bonds. The summed E-state index contributed by atoms with van der Waals surface area (Å²) in [4.78, 5) is 23.3. The zero-order valence-corrected chi connectivity index (χ0v) is 13.6. The average molecular weight is 311 g/mol. The van der Waals surface area contributed by atoms with Crippen LogP contribution in [0.25, 0.3) is 0 Å². The first-order chi connectivity index (χ1) is 10.4. The second-order valence-corrected chi connectivity index (χ2v) is 5.42. The number of methoxy groups -OCH3 is 1. The number of ether oxygens (including phenoxy) is 3. The predicted molar refractivity (Wildman–Crippen MR) is 82.3 cm³/mol. The molecule has 0 unspecified atom stereocenters. The Bertz CT molecular complexity index is 444. The quantitative estimate of drug-likeness (QED) is 0.567. The standard InChI is InChI=1S/C16H25NO5/c1-6-7-21-13-8-12(16(19)20-5)9-14(22-10(2)3)15(13)17-11(4)18/h6,9-10,13-15H,1,7-8H2,2-5H3,(H,17,18)/t13-,14-,15-/m1/s1. The monoisotopic (exact) mass is 311 g/mol. The minimum Gasteiger partial charge on any atom is -0.466 e. The van der Waals surface area contributed by atoms with Gasteiger partial charge in [0.1, 0.15) is 0 Å². The maximum Gasteiger partial charge on any atom is 0.333 e. The van der Waals surface area contributed by atoms with Crippen molar-refractivity contribution in [2.24, 2.45) is 0 Å². The molecule has 0 bridgehead atoms. The summed E-state index contributed by atoms with van der Waals surface area (Å²) in [5, 5.41) is 2.85. The Labute approximate surface area is 131 Å². The van der Waals surface area contributed by atoms with Crippen molar-refractivity contribution in [1.82, 2.24) is 5.32 Å². The van der Waals surface area contributed by atoms with Gasteiger partial charge in [0.15, 0.2) is 0 Å². The summed E-state index contributed by atoms with van der Waals surface area (Å²) >= 11 is 0. The van der Waals surface area contributed by atoms with Crippen LogP contribution in [-0.2, 0) is 23.8 Å². The van der Waals surface area contributed by atoms with Crippen LogP contribution in [0, 0.1) is 0 Å². The van der Waals surface area contributed by atoms with E-state index in [1.807, 2.05) is 13.8 Å². The molecule has 0 fully saturated rings. The number of hydrogen-bond donors (Lipinski definition) is 1. The van der Waals surface area contributed by atoms with Crippen LogP contribution in [0.5, 0.6) is 0 Å². The molecule has 6 heteroatoms. The van der Waals surface area contributed by atoms with Crippen molar-refractivity contribution in [2.45, 2.75) is 51.5 Å². The van der Waals surface area contributed by atoms with E-state index in [0.717, 1.165) is 0 Å². The van der Waals surface area contributed by atoms with Gasteiger partial charge in [0.2, 0.25) is 5.91 Å². The highest BCUT2D eigenvalue weighted by Gasteiger charge is 2.37. The number of rotatable bonds is 7.